The molecule has 1 aliphatic rings. The van der Waals surface area contributed by atoms with Gasteiger partial charge in [-0.3, -0.25) is 0 Å². The molecule has 0 radical (unpaired) electrons. The molecule has 0 bridgehead atoms. The predicted molar refractivity (Wildman–Crippen MR) is 80.0 cm³/mol. The minimum Gasteiger partial charge on any atom is -0.399 e. The van der Waals surface area contributed by atoms with Crippen molar-refractivity contribution in [3.63, 3.8) is 0 Å². The lowest BCUT2D eigenvalue weighted by Gasteiger charge is -2.12. The topological polar surface area (TPSA) is 26.0 Å². The molecule has 1 aromatic rings. The number of rotatable bonds is 2. The van der Waals surface area contributed by atoms with Gasteiger partial charge in [0.25, 0.3) is 0 Å². The van der Waals surface area contributed by atoms with Gasteiger partial charge in [0.05, 0.1) is 0 Å². The monoisotopic (exact) mass is 237 g/mol. The first-order valence-corrected chi connectivity index (χ1v) is 6.18. The number of anilines is 1. The molecule has 1 aromatic carbocycles. The van der Waals surface area contributed by atoms with Gasteiger partial charge < -0.3 is 5.73 Å². The summed E-state index contributed by atoms with van der Waals surface area (Å²) in [6.45, 7) is 4.39. The van der Waals surface area contributed by atoms with E-state index in [0.29, 0.717) is 0 Å². The molecule has 0 aromatic heterocycles. The van der Waals surface area contributed by atoms with E-state index >= 15 is 0 Å². The van der Waals surface area contributed by atoms with Gasteiger partial charge in [0.15, 0.2) is 0 Å². The third kappa shape index (κ3) is 3.49. The first-order chi connectivity index (χ1) is 8.55. The summed E-state index contributed by atoms with van der Waals surface area (Å²) in [5, 5.41) is 0. The highest BCUT2D eigenvalue weighted by atomic mass is 14.5. The van der Waals surface area contributed by atoms with Crippen LogP contribution in [0.1, 0.15) is 19.4 Å². The van der Waals surface area contributed by atoms with Crippen LogP contribution < -0.4 is 5.73 Å². The van der Waals surface area contributed by atoms with Crippen LogP contribution in [0.25, 0.3) is 6.08 Å². The highest BCUT2D eigenvalue weighted by Gasteiger charge is 2.09. The standard InChI is InChI=1S/C17H19N/c1-17(2)12-3-4-14(11-13-17)5-6-15-7-9-16(18)10-8-15/h3-13H,18H2,1-2H3/b6-5+. The van der Waals surface area contributed by atoms with Gasteiger partial charge in [0.2, 0.25) is 0 Å². The van der Waals surface area contributed by atoms with Gasteiger partial charge in [-0.1, -0.05) is 68.5 Å². The SMILES string of the molecule is CC1(C)C=CC=C(/C=C/c2ccc(N)cc2)C=C1. The van der Waals surface area contributed by atoms with Crippen LogP contribution in [0.4, 0.5) is 5.69 Å². The summed E-state index contributed by atoms with van der Waals surface area (Å²) in [6, 6.07) is 7.87. The highest BCUT2D eigenvalue weighted by Crippen LogP contribution is 2.23. The van der Waals surface area contributed by atoms with Crippen molar-refractivity contribution in [2.45, 2.75) is 13.8 Å². The number of allylic oxidation sites excluding steroid dienone is 7. The van der Waals surface area contributed by atoms with E-state index in [1.54, 1.807) is 0 Å². The van der Waals surface area contributed by atoms with E-state index in [0.717, 1.165) is 11.3 Å². The van der Waals surface area contributed by atoms with Gasteiger partial charge in [-0.05, 0) is 23.3 Å². The average Bonchev–Trinajstić information content (AvgIpc) is 2.50. The van der Waals surface area contributed by atoms with Crippen molar-refractivity contribution in [1.82, 2.24) is 0 Å². The average molecular weight is 237 g/mol. The van der Waals surface area contributed by atoms with Crippen molar-refractivity contribution in [2.24, 2.45) is 5.41 Å². The highest BCUT2D eigenvalue weighted by molar-refractivity contribution is 5.57. The van der Waals surface area contributed by atoms with Gasteiger partial charge in [-0.2, -0.15) is 0 Å². The van der Waals surface area contributed by atoms with E-state index in [2.05, 4.69) is 56.4 Å². The number of nitrogen functional groups attached to an aromatic ring is 1. The molecule has 92 valence electrons. The van der Waals surface area contributed by atoms with E-state index in [1.807, 2.05) is 24.3 Å². The minimum atomic E-state index is 0.132. The maximum Gasteiger partial charge on any atom is 0.0314 e. The van der Waals surface area contributed by atoms with E-state index in [4.69, 9.17) is 5.73 Å². The summed E-state index contributed by atoms with van der Waals surface area (Å²) in [4.78, 5) is 0. The Labute approximate surface area is 109 Å². The number of benzene rings is 1. The van der Waals surface area contributed by atoms with Crippen LogP contribution in [0.15, 0.2) is 66.3 Å². The molecule has 0 amide bonds. The van der Waals surface area contributed by atoms with Crippen molar-refractivity contribution in [1.29, 1.82) is 0 Å². The molecule has 18 heavy (non-hydrogen) atoms. The van der Waals surface area contributed by atoms with Crippen LogP contribution in [0, 0.1) is 5.41 Å². The fraction of sp³-hybridized carbons (Fsp3) is 0.176. The van der Waals surface area contributed by atoms with Crippen LogP contribution in [0.3, 0.4) is 0 Å². The molecule has 0 aliphatic heterocycles. The Bertz CT molecular complexity index is 525. The Morgan fingerprint density at radius 2 is 1.72 bits per heavy atom. The van der Waals surface area contributed by atoms with Gasteiger partial charge in [0.1, 0.15) is 0 Å². The third-order valence-corrected chi connectivity index (χ3v) is 2.92. The van der Waals surface area contributed by atoms with Crippen molar-refractivity contribution in [3.8, 4) is 0 Å². The lowest BCUT2D eigenvalue weighted by molar-refractivity contribution is 0.627. The minimum absolute atomic E-state index is 0.132. The second kappa shape index (κ2) is 5.09. The predicted octanol–water partition coefficient (Wildman–Crippen LogP) is 4.36. The van der Waals surface area contributed by atoms with Gasteiger partial charge in [-0.15, -0.1) is 0 Å². The largest absolute Gasteiger partial charge is 0.399 e. The molecule has 0 heterocycles. The molecule has 0 atom stereocenters. The Morgan fingerprint density at radius 1 is 1.00 bits per heavy atom. The lowest BCUT2D eigenvalue weighted by Crippen LogP contribution is -2.00. The normalized spacial score (nSPS) is 17.8. The first-order valence-electron chi connectivity index (χ1n) is 6.18. The quantitative estimate of drug-likeness (QED) is 0.760. The molecular weight excluding hydrogens is 218 g/mol. The molecule has 2 rings (SSSR count). The molecular formula is C17H19N. The van der Waals surface area contributed by atoms with Crippen LogP contribution in [0.2, 0.25) is 0 Å². The summed E-state index contributed by atoms with van der Waals surface area (Å²) in [5.41, 5.74) is 8.95. The van der Waals surface area contributed by atoms with Crippen molar-refractivity contribution in [3.05, 3.63) is 71.9 Å². The van der Waals surface area contributed by atoms with Crippen molar-refractivity contribution in [2.75, 3.05) is 5.73 Å². The van der Waals surface area contributed by atoms with Gasteiger partial charge in [0, 0.05) is 11.1 Å². The zero-order valence-corrected chi connectivity index (χ0v) is 10.9. The number of hydrogen-bond donors (Lipinski definition) is 1. The summed E-state index contributed by atoms with van der Waals surface area (Å²) in [6.07, 6.45) is 15.0. The zero-order valence-electron chi connectivity index (χ0n) is 10.9. The van der Waals surface area contributed by atoms with E-state index in [-0.39, 0.29) is 5.41 Å². The van der Waals surface area contributed by atoms with Crippen LogP contribution in [0.5, 0.6) is 0 Å². The molecule has 0 unspecified atom stereocenters. The molecule has 2 N–H and O–H groups in total. The number of nitrogens with two attached hydrogens (primary N) is 1. The first kappa shape index (κ1) is 12.4. The molecule has 1 aliphatic carbocycles. The molecule has 1 heteroatoms. The fourth-order valence-corrected chi connectivity index (χ4v) is 1.74. The summed E-state index contributed by atoms with van der Waals surface area (Å²) in [7, 11) is 0. The summed E-state index contributed by atoms with van der Waals surface area (Å²) < 4.78 is 0. The second-order valence-corrected chi connectivity index (χ2v) is 5.18. The Kier molecular flexibility index (Phi) is 3.52. The second-order valence-electron chi connectivity index (χ2n) is 5.18. The molecule has 1 nitrogen and oxygen atoms in total. The molecule has 0 spiro atoms. The van der Waals surface area contributed by atoms with Crippen LogP contribution in [-0.2, 0) is 0 Å². The smallest absolute Gasteiger partial charge is 0.0314 e. The van der Waals surface area contributed by atoms with Gasteiger partial charge in [-0.25, -0.2) is 0 Å². The molecule has 0 saturated carbocycles. The maximum absolute atomic E-state index is 5.66. The zero-order chi connectivity index (χ0) is 13.0. The van der Waals surface area contributed by atoms with E-state index in [9.17, 15) is 0 Å². The van der Waals surface area contributed by atoms with E-state index in [1.165, 1.54) is 5.57 Å². The molecule has 0 saturated heterocycles. The molecule has 0 fully saturated rings. The van der Waals surface area contributed by atoms with Crippen molar-refractivity contribution >= 4 is 11.8 Å². The number of hydrogen-bond acceptors (Lipinski definition) is 1. The summed E-state index contributed by atoms with van der Waals surface area (Å²) in [5.74, 6) is 0. The third-order valence-electron chi connectivity index (χ3n) is 2.92. The Balaban J connectivity index is 2.13. The Morgan fingerprint density at radius 3 is 2.44 bits per heavy atom. The summed E-state index contributed by atoms with van der Waals surface area (Å²) >= 11 is 0. The van der Waals surface area contributed by atoms with Crippen LogP contribution in [-0.4, -0.2) is 0 Å². The fourth-order valence-electron chi connectivity index (χ4n) is 1.74. The Hall–Kier alpha value is -2.02. The lowest BCUT2D eigenvalue weighted by atomic mass is 9.93. The van der Waals surface area contributed by atoms with E-state index < -0.39 is 0 Å². The van der Waals surface area contributed by atoms with Crippen molar-refractivity contribution < 1.29 is 0 Å². The van der Waals surface area contributed by atoms with Crippen LogP contribution >= 0.6 is 0 Å². The maximum atomic E-state index is 5.66. The van der Waals surface area contributed by atoms with Gasteiger partial charge >= 0.3 is 0 Å².